The van der Waals surface area contributed by atoms with Crippen molar-refractivity contribution in [2.45, 2.75) is 45.7 Å². The van der Waals surface area contributed by atoms with Crippen LogP contribution in [0, 0.1) is 17.0 Å². The number of nitrogens with zero attached hydrogens (tertiary/aromatic N) is 2. The summed E-state index contributed by atoms with van der Waals surface area (Å²) in [6, 6.07) is 3.40. The summed E-state index contributed by atoms with van der Waals surface area (Å²) in [7, 11) is -3.17. The second-order valence-electron chi connectivity index (χ2n) is 6.90. The number of carbonyl (C=O) groups excluding carboxylic acids is 2. The summed E-state index contributed by atoms with van der Waals surface area (Å²) in [5.41, 5.74) is -0.0377. The number of nitro groups is 1. The van der Waals surface area contributed by atoms with E-state index in [-0.39, 0.29) is 34.4 Å². The average Bonchev–Trinajstić information content (AvgIpc) is 2.98. The molecular weight excluding hydrogens is 388 g/mol. The summed E-state index contributed by atoms with van der Waals surface area (Å²) in [5, 5.41) is 11.0. The number of nitro benzene ring substituents is 1. The van der Waals surface area contributed by atoms with Crippen LogP contribution in [-0.4, -0.2) is 60.3 Å². The van der Waals surface area contributed by atoms with Gasteiger partial charge in [0.2, 0.25) is 0 Å². The first-order chi connectivity index (χ1) is 13.1. The SMILES string of the molecule is CC[C@H](C)N(C(=O)COC(=O)c1cccc([N+](=O)[O-])c1C)[C@H]1CCS(=O)(=O)C1. The first kappa shape index (κ1) is 21.8. The molecule has 1 aliphatic rings. The molecular formula is C18H24N2O7S. The molecule has 1 saturated heterocycles. The van der Waals surface area contributed by atoms with Gasteiger partial charge in [0.25, 0.3) is 11.6 Å². The van der Waals surface area contributed by atoms with E-state index in [0.717, 1.165) is 0 Å². The molecule has 154 valence electrons. The Bertz CT molecular complexity index is 882. The van der Waals surface area contributed by atoms with Gasteiger partial charge < -0.3 is 9.64 Å². The largest absolute Gasteiger partial charge is 0.452 e. The van der Waals surface area contributed by atoms with Gasteiger partial charge in [-0.25, -0.2) is 13.2 Å². The summed E-state index contributed by atoms with van der Waals surface area (Å²) in [4.78, 5) is 36.9. The molecule has 2 atom stereocenters. The molecule has 0 N–H and O–H groups in total. The molecule has 10 heteroatoms. The number of sulfone groups is 1. The number of rotatable bonds is 7. The van der Waals surface area contributed by atoms with E-state index >= 15 is 0 Å². The lowest BCUT2D eigenvalue weighted by atomic mass is 10.1. The quantitative estimate of drug-likeness (QED) is 0.380. The van der Waals surface area contributed by atoms with Crippen LogP contribution in [0.15, 0.2) is 18.2 Å². The van der Waals surface area contributed by atoms with Crippen molar-refractivity contribution in [2.75, 3.05) is 18.1 Å². The number of benzene rings is 1. The predicted molar refractivity (Wildman–Crippen MR) is 102 cm³/mol. The van der Waals surface area contributed by atoms with Gasteiger partial charge in [-0.2, -0.15) is 0 Å². The van der Waals surface area contributed by atoms with Crippen molar-refractivity contribution in [2.24, 2.45) is 0 Å². The molecule has 1 aromatic rings. The summed E-state index contributed by atoms with van der Waals surface area (Å²) in [6.45, 7) is 4.58. The molecule has 0 unspecified atom stereocenters. The summed E-state index contributed by atoms with van der Waals surface area (Å²) >= 11 is 0. The lowest BCUT2D eigenvalue weighted by molar-refractivity contribution is -0.385. The minimum Gasteiger partial charge on any atom is -0.452 e. The second kappa shape index (κ2) is 8.68. The van der Waals surface area contributed by atoms with Gasteiger partial charge in [0.15, 0.2) is 16.4 Å². The Morgan fingerprint density at radius 2 is 2.07 bits per heavy atom. The summed E-state index contributed by atoms with van der Waals surface area (Å²) in [6.07, 6.45) is 0.983. The monoisotopic (exact) mass is 412 g/mol. The van der Waals surface area contributed by atoms with E-state index in [1.165, 1.54) is 30.0 Å². The van der Waals surface area contributed by atoms with Gasteiger partial charge in [-0.1, -0.05) is 13.0 Å². The van der Waals surface area contributed by atoms with E-state index in [1.807, 2.05) is 13.8 Å². The van der Waals surface area contributed by atoms with Crippen molar-refractivity contribution < 1.29 is 27.7 Å². The number of ether oxygens (including phenoxy) is 1. The standard InChI is InChI=1S/C18H24N2O7S/c1-4-12(2)19(14-8-9-28(25,26)11-14)17(21)10-27-18(22)15-6-5-7-16(13(15)3)20(23)24/h5-7,12,14H,4,8-11H2,1-3H3/t12-,14-/m0/s1. The summed E-state index contributed by atoms with van der Waals surface area (Å²) < 4.78 is 28.6. The van der Waals surface area contributed by atoms with Crippen molar-refractivity contribution in [3.05, 3.63) is 39.4 Å². The van der Waals surface area contributed by atoms with Crippen molar-refractivity contribution in [1.29, 1.82) is 0 Å². The topological polar surface area (TPSA) is 124 Å². The molecule has 0 spiro atoms. The van der Waals surface area contributed by atoms with E-state index in [4.69, 9.17) is 4.74 Å². The van der Waals surface area contributed by atoms with Gasteiger partial charge >= 0.3 is 5.97 Å². The number of esters is 1. The van der Waals surface area contributed by atoms with E-state index in [1.54, 1.807) is 0 Å². The second-order valence-corrected chi connectivity index (χ2v) is 9.13. The molecule has 0 radical (unpaired) electrons. The van der Waals surface area contributed by atoms with Crippen LogP contribution < -0.4 is 0 Å². The van der Waals surface area contributed by atoms with Crippen molar-refractivity contribution in [1.82, 2.24) is 4.90 Å². The summed E-state index contributed by atoms with van der Waals surface area (Å²) in [5.74, 6) is -1.38. The minimum absolute atomic E-state index is 0.0144. The van der Waals surface area contributed by atoms with Crippen LogP contribution in [0.4, 0.5) is 5.69 Å². The minimum atomic E-state index is -3.17. The normalized spacial score (nSPS) is 19.0. The Morgan fingerprint density at radius 3 is 2.61 bits per heavy atom. The maximum atomic E-state index is 12.7. The molecule has 2 rings (SSSR count). The molecule has 0 aromatic heterocycles. The fraction of sp³-hybridized carbons (Fsp3) is 0.556. The van der Waals surface area contributed by atoms with Gasteiger partial charge in [-0.05, 0) is 32.8 Å². The highest BCUT2D eigenvalue weighted by Gasteiger charge is 2.36. The van der Waals surface area contributed by atoms with Crippen LogP contribution in [0.3, 0.4) is 0 Å². The van der Waals surface area contributed by atoms with E-state index in [0.29, 0.717) is 12.8 Å². The van der Waals surface area contributed by atoms with Crippen LogP contribution in [0.25, 0.3) is 0 Å². The third kappa shape index (κ3) is 4.86. The molecule has 0 bridgehead atoms. The Balaban J connectivity index is 2.11. The number of hydrogen-bond donors (Lipinski definition) is 0. The smallest absolute Gasteiger partial charge is 0.339 e. The van der Waals surface area contributed by atoms with Gasteiger partial charge in [-0.3, -0.25) is 14.9 Å². The van der Waals surface area contributed by atoms with E-state index in [9.17, 15) is 28.1 Å². The maximum Gasteiger partial charge on any atom is 0.339 e. The highest BCUT2D eigenvalue weighted by Crippen LogP contribution is 2.23. The number of hydrogen-bond acceptors (Lipinski definition) is 7. The molecule has 0 saturated carbocycles. The Labute approximate surface area is 163 Å². The van der Waals surface area contributed by atoms with Crippen LogP contribution in [0.2, 0.25) is 0 Å². The third-order valence-corrected chi connectivity index (χ3v) is 6.75. The number of amides is 1. The van der Waals surface area contributed by atoms with Crippen LogP contribution in [0.5, 0.6) is 0 Å². The molecule has 1 heterocycles. The maximum absolute atomic E-state index is 12.7. The zero-order chi connectivity index (χ0) is 21.1. The predicted octanol–water partition coefficient (Wildman–Crippen LogP) is 1.87. The Morgan fingerprint density at radius 1 is 1.39 bits per heavy atom. The lowest BCUT2D eigenvalue weighted by Gasteiger charge is -2.33. The fourth-order valence-corrected chi connectivity index (χ4v) is 5.03. The highest BCUT2D eigenvalue weighted by atomic mass is 32.2. The number of carbonyl (C=O) groups is 2. The van der Waals surface area contributed by atoms with Crippen molar-refractivity contribution in [3.8, 4) is 0 Å². The zero-order valence-corrected chi connectivity index (χ0v) is 16.9. The van der Waals surface area contributed by atoms with Gasteiger partial charge in [0, 0.05) is 23.7 Å². The van der Waals surface area contributed by atoms with Crippen molar-refractivity contribution in [3.63, 3.8) is 0 Å². The Kier molecular flexibility index (Phi) is 6.76. The Hall–Kier alpha value is -2.49. The first-order valence-corrected chi connectivity index (χ1v) is 10.8. The molecule has 9 nitrogen and oxygen atoms in total. The molecule has 28 heavy (non-hydrogen) atoms. The molecule has 1 amide bonds. The first-order valence-electron chi connectivity index (χ1n) is 9.00. The van der Waals surface area contributed by atoms with Gasteiger partial charge in [0.1, 0.15) is 0 Å². The zero-order valence-electron chi connectivity index (χ0n) is 16.1. The van der Waals surface area contributed by atoms with Crippen molar-refractivity contribution >= 4 is 27.4 Å². The fourth-order valence-electron chi connectivity index (χ4n) is 3.32. The van der Waals surface area contributed by atoms with Gasteiger partial charge in [0.05, 0.1) is 22.0 Å². The highest BCUT2D eigenvalue weighted by molar-refractivity contribution is 7.91. The molecule has 1 aromatic carbocycles. The molecule has 1 aliphatic heterocycles. The van der Waals surface area contributed by atoms with E-state index in [2.05, 4.69) is 0 Å². The molecule has 1 fully saturated rings. The molecule has 0 aliphatic carbocycles. The average molecular weight is 412 g/mol. The van der Waals surface area contributed by atoms with Crippen LogP contribution >= 0.6 is 0 Å². The van der Waals surface area contributed by atoms with Crippen LogP contribution in [0.1, 0.15) is 42.6 Å². The van der Waals surface area contributed by atoms with Crippen LogP contribution in [-0.2, 0) is 19.4 Å². The van der Waals surface area contributed by atoms with E-state index < -0.39 is 39.3 Å². The lowest BCUT2D eigenvalue weighted by Crippen LogP contribution is -2.48. The third-order valence-electron chi connectivity index (χ3n) is 5.00. The van der Waals surface area contributed by atoms with Gasteiger partial charge in [-0.15, -0.1) is 0 Å².